The highest BCUT2D eigenvalue weighted by atomic mass is 79.9. The van der Waals surface area contributed by atoms with E-state index in [0.29, 0.717) is 33.6 Å². The van der Waals surface area contributed by atoms with E-state index in [4.69, 9.17) is 0 Å². The van der Waals surface area contributed by atoms with Crippen molar-refractivity contribution in [1.29, 1.82) is 0 Å². The Hall–Kier alpha value is -3.72. The number of nitro benzene ring substituents is 1. The van der Waals surface area contributed by atoms with Gasteiger partial charge >= 0.3 is 0 Å². The van der Waals surface area contributed by atoms with Gasteiger partial charge in [-0.15, -0.1) is 0 Å². The molecule has 0 saturated carbocycles. The summed E-state index contributed by atoms with van der Waals surface area (Å²) in [5.74, 6) is -0.230. The predicted octanol–water partition coefficient (Wildman–Crippen LogP) is 5.10. The topological polar surface area (TPSA) is 113 Å². The van der Waals surface area contributed by atoms with E-state index in [0.717, 1.165) is 11.1 Å². The molecule has 150 valence electrons. The van der Waals surface area contributed by atoms with Gasteiger partial charge in [0.05, 0.1) is 28.9 Å². The van der Waals surface area contributed by atoms with E-state index in [2.05, 4.69) is 36.5 Å². The number of hydrogen-bond acceptors (Lipinski definition) is 5. The molecular weight excluding hydrogens is 450 g/mol. The van der Waals surface area contributed by atoms with Crippen molar-refractivity contribution < 1.29 is 9.72 Å². The normalized spacial score (nSPS) is 10.7. The van der Waals surface area contributed by atoms with Crippen LogP contribution in [0, 0.1) is 10.1 Å². The number of nitro groups is 1. The average Bonchev–Trinajstić information content (AvgIpc) is 3.15. The zero-order chi connectivity index (χ0) is 21.1. The van der Waals surface area contributed by atoms with Crippen molar-refractivity contribution in [3.8, 4) is 0 Å². The Labute approximate surface area is 179 Å². The summed E-state index contributed by atoms with van der Waals surface area (Å²) in [7, 11) is 0. The first-order valence-electron chi connectivity index (χ1n) is 9.01. The lowest BCUT2D eigenvalue weighted by atomic mass is 10.2. The number of hydrogen-bond donors (Lipinski definition) is 3. The van der Waals surface area contributed by atoms with Gasteiger partial charge in [-0.2, -0.15) is 0 Å². The van der Waals surface area contributed by atoms with Crippen LogP contribution in [0.5, 0.6) is 0 Å². The third-order valence-electron chi connectivity index (χ3n) is 4.44. The summed E-state index contributed by atoms with van der Waals surface area (Å²) in [5.41, 5.74) is 3.35. The molecule has 1 amide bonds. The standard InChI is InChI=1S/C21H16BrN5O3/c22-19-7-2-1-6-18(19)21(28)26-16-9-13-8-15(25-20(13)24-12-16)11-23-14-4-3-5-17(10-14)27(29)30/h1-10,12,23H,11H2,(H,24,25)(H,26,28). The number of nitrogens with zero attached hydrogens (tertiary/aromatic N) is 2. The number of fused-ring (bicyclic) bond motifs is 1. The molecule has 0 fully saturated rings. The molecule has 3 N–H and O–H groups in total. The molecule has 0 aliphatic heterocycles. The second-order valence-electron chi connectivity index (χ2n) is 6.55. The zero-order valence-electron chi connectivity index (χ0n) is 15.6. The lowest BCUT2D eigenvalue weighted by molar-refractivity contribution is -0.384. The lowest BCUT2D eigenvalue weighted by Gasteiger charge is -2.06. The zero-order valence-corrected chi connectivity index (χ0v) is 17.1. The van der Waals surface area contributed by atoms with E-state index >= 15 is 0 Å². The molecule has 0 aliphatic carbocycles. The smallest absolute Gasteiger partial charge is 0.271 e. The number of amides is 1. The van der Waals surface area contributed by atoms with Crippen LogP contribution in [0.3, 0.4) is 0 Å². The van der Waals surface area contributed by atoms with E-state index < -0.39 is 4.92 Å². The Kier molecular flexibility index (Phi) is 5.44. The number of H-pyrrole nitrogens is 1. The first-order valence-corrected chi connectivity index (χ1v) is 9.81. The molecule has 9 heteroatoms. The number of rotatable bonds is 6. The number of carbonyl (C=O) groups excluding carboxylic acids is 1. The summed E-state index contributed by atoms with van der Waals surface area (Å²) in [6.45, 7) is 0.441. The number of pyridine rings is 1. The maximum Gasteiger partial charge on any atom is 0.271 e. The third kappa shape index (κ3) is 4.31. The quantitative estimate of drug-likeness (QED) is 0.270. The van der Waals surface area contributed by atoms with Crippen molar-refractivity contribution in [3.63, 3.8) is 0 Å². The van der Waals surface area contributed by atoms with Crippen LogP contribution in [0.4, 0.5) is 17.1 Å². The Morgan fingerprint density at radius 2 is 1.93 bits per heavy atom. The van der Waals surface area contributed by atoms with Crippen LogP contribution in [0.1, 0.15) is 16.1 Å². The Morgan fingerprint density at radius 1 is 1.10 bits per heavy atom. The Balaban J connectivity index is 1.47. The summed E-state index contributed by atoms with van der Waals surface area (Å²) >= 11 is 3.38. The minimum atomic E-state index is -0.429. The third-order valence-corrected chi connectivity index (χ3v) is 5.13. The van der Waals surface area contributed by atoms with E-state index in [1.165, 1.54) is 12.1 Å². The van der Waals surface area contributed by atoms with Gasteiger partial charge in [0.15, 0.2) is 0 Å². The first-order chi connectivity index (χ1) is 14.5. The van der Waals surface area contributed by atoms with Crippen LogP contribution < -0.4 is 10.6 Å². The van der Waals surface area contributed by atoms with Crippen LogP contribution in [0.15, 0.2) is 71.3 Å². The molecular formula is C21H16BrN5O3. The summed E-state index contributed by atoms with van der Waals surface area (Å²) in [5, 5.41) is 17.7. The highest BCUT2D eigenvalue weighted by molar-refractivity contribution is 9.10. The fourth-order valence-electron chi connectivity index (χ4n) is 3.01. The maximum atomic E-state index is 12.5. The van der Waals surface area contributed by atoms with Crippen LogP contribution in [-0.4, -0.2) is 20.8 Å². The van der Waals surface area contributed by atoms with Gasteiger partial charge in [0.1, 0.15) is 5.65 Å². The molecule has 2 heterocycles. The summed E-state index contributed by atoms with van der Waals surface area (Å²) in [6, 6.07) is 17.3. The fraction of sp³-hybridized carbons (Fsp3) is 0.0476. The lowest BCUT2D eigenvalue weighted by Crippen LogP contribution is -2.12. The number of aromatic amines is 1. The van der Waals surface area contributed by atoms with Crippen molar-refractivity contribution >= 4 is 49.9 Å². The molecule has 8 nitrogen and oxygen atoms in total. The van der Waals surface area contributed by atoms with Gasteiger partial charge in [-0.3, -0.25) is 14.9 Å². The van der Waals surface area contributed by atoms with Gasteiger partial charge in [0, 0.05) is 33.4 Å². The SMILES string of the molecule is O=C(Nc1cnc2[nH]c(CNc3cccc([N+](=O)[O-])c3)cc2c1)c1ccccc1Br. The molecule has 0 saturated heterocycles. The molecule has 30 heavy (non-hydrogen) atoms. The van der Waals surface area contributed by atoms with Crippen molar-refractivity contribution in [2.24, 2.45) is 0 Å². The van der Waals surface area contributed by atoms with Crippen molar-refractivity contribution in [2.45, 2.75) is 6.54 Å². The number of anilines is 2. The second-order valence-corrected chi connectivity index (χ2v) is 7.41. The maximum absolute atomic E-state index is 12.5. The molecule has 0 unspecified atom stereocenters. The average molecular weight is 466 g/mol. The van der Waals surface area contributed by atoms with Crippen LogP contribution in [0.2, 0.25) is 0 Å². The molecule has 2 aromatic heterocycles. The minimum Gasteiger partial charge on any atom is -0.379 e. The summed E-state index contributed by atoms with van der Waals surface area (Å²) in [4.78, 5) is 30.5. The molecule has 4 aromatic rings. The number of non-ortho nitro benzene ring substituents is 1. The van der Waals surface area contributed by atoms with Crippen LogP contribution >= 0.6 is 15.9 Å². The van der Waals surface area contributed by atoms with Gasteiger partial charge in [-0.1, -0.05) is 18.2 Å². The minimum absolute atomic E-state index is 0.0312. The van der Waals surface area contributed by atoms with Crippen LogP contribution in [-0.2, 0) is 6.54 Å². The van der Waals surface area contributed by atoms with Gasteiger partial charge < -0.3 is 15.6 Å². The largest absolute Gasteiger partial charge is 0.379 e. The van der Waals surface area contributed by atoms with Gasteiger partial charge in [0.2, 0.25) is 0 Å². The van der Waals surface area contributed by atoms with E-state index in [-0.39, 0.29) is 11.6 Å². The van der Waals surface area contributed by atoms with Gasteiger partial charge in [-0.25, -0.2) is 4.98 Å². The van der Waals surface area contributed by atoms with Crippen LogP contribution in [0.25, 0.3) is 11.0 Å². The molecule has 2 aromatic carbocycles. The predicted molar refractivity (Wildman–Crippen MR) is 119 cm³/mol. The molecule has 4 rings (SSSR count). The van der Waals surface area contributed by atoms with E-state index in [9.17, 15) is 14.9 Å². The van der Waals surface area contributed by atoms with E-state index in [1.807, 2.05) is 24.3 Å². The Morgan fingerprint density at radius 3 is 2.73 bits per heavy atom. The second kappa shape index (κ2) is 8.34. The Bertz CT molecular complexity index is 1250. The summed E-state index contributed by atoms with van der Waals surface area (Å²) < 4.78 is 0.715. The van der Waals surface area contributed by atoms with Crippen molar-refractivity contribution in [2.75, 3.05) is 10.6 Å². The number of aromatic nitrogens is 2. The fourth-order valence-corrected chi connectivity index (χ4v) is 3.47. The number of benzene rings is 2. The number of halogens is 1. The molecule has 0 spiro atoms. The highest BCUT2D eigenvalue weighted by Gasteiger charge is 2.11. The molecule has 0 radical (unpaired) electrons. The number of nitrogens with one attached hydrogen (secondary N) is 3. The van der Waals surface area contributed by atoms with Gasteiger partial charge in [-0.05, 0) is 46.3 Å². The molecule has 0 bridgehead atoms. The molecule has 0 aliphatic rings. The monoisotopic (exact) mass is 465 g/mol. The highest BCUT2D eigenvalue weighted by Crippen LogP contribution is 2.22. The summed E-state index contributed by atoms with van der Waals surface area (Å²) in [6.07, 6.45) is 1.59. The van der Waals surface area contributed by atoms with Crippen molar-refractivity contribution in [3.05, 3.63) is 92.7 Å². The van der Waals surface area contributed by atoms with Gasteiger partial charge in [0.25, 0.3) is 11.6 Å². The number of carbonyl (C=O) groups is 1. The first kappa shape index (κ1) is 19.6. The van der Waals surface area contributed by atoms with E-state index in [1.54, 1.807) is 30.5 Å². The molecule has 0 atom stereocenters. The van der Waals surface area contributed by atoms with Crippen molar-refractivity contribution in [1.82, 2.24) is 9.97 Å².